The van der Waals surface area contributed by atoms with Gasteiger partial charge in [0, 0.05) is 30.2 Å². The standard InChI is InChI=1S/C17H25N5O/c1-5-16(14-6-8-18-9-7-14)21-17(23)20-13(4)15-10-19-22(11-15)12(2)3/h6-13,16H,5H2,1-4H3,(H2,20,21,23)/t13-,16-/m1/s1. The molecule has 2 aromatic heterocycles. The summed E-state index contributed by atoms with van der Waals surface area (Å²) in [5.74, 6) is 0. The Kier molecular flexibility index (Phi) is 5.73. The van der Waals surface area contributed by atoms with Gasteiger partial charge in [0.2, 0.25) is 0 Å². The summed E-state index contributed by atoms with van der Waals surface area (Å²) in [7, 11) is 0. The van der Waals surface area contributed by atoms with E-state index in [4.69, 9.17) is 0 Å². The highest BCUT2D eigenvalue weighted by Gasteiger charge is 2.16. The Bertz CT molecular complexity index is 623. The molecule has 0 radical (unpaired) electrons. The minimum absolute atomic E-state index is 0.0245. The zero-order chi connectivity index (χ0) is 16.8. The van der Waals surface area contributed by atoms with Gasteiger partial charge in [-0.2, -0.15) is 5.10 Å². The lowest BCUT2D eigenvalue weighted by Gasteiger charge is -2.20. The first kappa shape index (κ1) is 17.0. The maximum absolute atomic E-state index is 12.2. The van der Waals surface area contributed by atoms with E-state index in [9.17, 15) is 4.79 Å². The van der Waals surface area contributed by atoms with Gasteiger partial charge in [-0.25, -0.2) is 4.79 Å². The van der Waals surface area contributed by atoms with Crippen molar-refractivity contribution in [1.82, 2.24) is 25.4 Å². The summed E-state index contributed by atoms with van der Waals surface area (Å²) >= 11 is 0. The minimum atomic E-state index is -0.182. The second kappa shape index (κ2) is 7.76. The van der Waals surface area contributed by atoms with Crippen LogP contribution in [0.5, 0.6) is 0 Å². The molecule has 0 aliphatic carbocycles. The molecule has 0 aromatic carbocycles. The largest absolute Gasteiger partial charge is 0.332 e. The van der Waals surface area contributed by atoms with Crippen molar-refractivity contribution < 1.29 is 4.79 Å². The first-order valence-electron chi connectivity index (χ1n) is 8.02. The van der Waals surface area contributed by atoms with Gasteiger partial charge in [-0.15, -0.1) is 0 Å². The average Bonchev–Trinajstić information content (AvgIpc) is 3.04. The topological polar surface area (TPSA) is 71.8 Å². The third-order valence-electron chi connectivity index (χ3n) is 3.82. The number of hydrogen-bond donors (Lipinski definition) is 2. The fourth-order valence-corrected chi connectivity index (χ4v) is 2.36. The quantitative estimate of drug-likeness (QED) is 0.858. The normalized spacial score (nSPS) is 13.6. The summed E-state index contributed by atoms with van der Waals surface area (Å²) in [6.07, 6.45) is 8.05. The molecule has 2 heterocycles. The van der Waals surface area contributed by atoms with E-state index in [-0.39, 0.29) is 18.1 Å². The van der Waals surface area contributed by atoms with E-state index in [0.29, 0.717) is 6.04 Å². The highest BCUT2D eigenvalue weighted by molar-refractivity contribution is 5.74. The fourth-order valence-electron chi connectivity index (χ4n) is 2.36. The number of nitrogens with one attached hydrogen (secondary N) is 2. The van der Waals surface area contributed by atoms with Crippen LogP contribution in [0, 0.1) is 0 Å². The number of amides is 2. The number of urea groups is 1. The maximum Gasteiger partial charge on any atom is 0.315 e. The maximum atomic E-state index is 12.2. The van der Waals surface area contributed by atoms with E-state index in [1.165, 1.54) is 0 Å². The molecule has 2 rings (SSSR count). The monoisotopic (exact) mass is 315 g/mol. The Labute approximate surface area is 137 Å². The number of hydrogen-bond acceptors (Lipinski definition) is 3. The summed E-state index contributed by atoms with van der Waals surface area (Å²) in [5.41, 5.74) is 2.05. The highest BCUT2D eigenvalue weighted by Crippen LogP contribution is 2.16. The van der Waals surface area contributed by atoms with Crippen LogP contribution in [0.3, 0.4) is 0 Å². The Morgan fingerprint density at radius 3 is 2.43 bits per heavy atom. The molecule has 2 aromatic rings. The van der Waals surface area contributed by atoms with E-state index in [1.807, 2.05) is 36.9 Å². The Morgan fingerprint density at radius 2 is 1.87 bits per heavy atom. The van der Waals surface area contributed by atoms with Crippen molar-refractivity contribution in [3.63, 3.8) is 0 Å². The van der Waals surface area contributed by atoms with E-state index in [1.54, 1.807) is 18.6 Å². The number of carbonyl (C=O) groups is 1. The first-order chi connectivity index (χ1) is 11.0. The second-order valence-corrected chi connectivity index (χ2v) is 5.93. The van der Waals surface area contributed by atoms with Crippen LogP contribution in [0.25, 0.3) is 0 Å². The van der Waals surface area contributed by atoms with Gasteiger partial charge in [-0.1, -0.05) is 6.92 Å². The summed E-state index contributed by atoms with van der Waals surface area (Å²) in [6.45, 7) is 8.14. The average molecular weight is 315 g/mol. The minimum Gasteiger partial charge on any atom is -0.332 e. The van der Waals surface area contributed by atoms with Crippen molar-refractivity contribution in [3.05, 3.63) is 48.0 Å². The third kappa shape index (κ3) is 4.55. The van der Waals surface area contributed by atoms with E-state index in [2.05, 4.69) is 34.6 Å². The molecule has 2 atom stereocenters. The highest BCUT2D eigenvalue weighted by atomic mass is 16.2. The van der Waals surface area contributed by atoms with Crippen molar-refractivity contribution in [3.8, 4) is 0 Å². The molecule has 0 unspecified atom stereocenters. The van der Waals surface area contributed by atoms with Crippen LogP contribution in [0.2, 0.25) is 0 Å². The summed E-state index contributed by atoms with van der Waals surface area (Å²) in [4.78, 5) is 16.3. The van der Waals surface area contributed by atoms with E-state index in [0.717, 1.165) is 17.5 Å². The fraction of sp³-hybridized carbons (Fsp3) is 0.471. The smallest absolute Gasteiger partial charge is 0.315 e. The molecule has 0 fully saturated rings. The molecule has 2 N–H and O–H groups in total. The summed E-state index contributed by atoms with van der Waals surface area (Å²) in [6, 6.07) is 3.84. The molecule has 0 bridgehead atoms. The van der Waals surface area contributed by atoms with Gasteiger partial charge in [0.1, 0.15) is 0 Å². The van der Waals surface area contributed by atoms with Crippen molar-refractivity contribution in [2.75, 3.05) is 0 Å². The molecule has 23 heavy (non-hydrogen) atoms. The summed E-state index contributed by atoms with van der Waals surface area (Å²) in [5, 5.41) is 10.3. The van der Waals surface area contributed by atoms with Crippen LogP contribution in [-0.2, 0) is 0 Å². The van der Waals surface area contributed by atoms with Gasteiger partial charge in [0.25, 0.3) is 0 Å². The van der Waals surface area contributed by atoms with Crippen LogP contribution in [0.4, 0.5) is 4.79 Å². The van der Waals surface area contributed by atoms with Crippen LogP contribution < -0.4 is 10.6 Å². The van der Waals surface area contributed by atoms with Crippen molar-refractivity contribution in [1.29, 1.82) is 0 Å². The molecule has 0 spiro atoms. The van der Waals surface area contributed by atoms with Crippen LogP contribution >= 0.6 is 0 Å². The van der Waals surface area contributed by atoms with Crippen molar-refractivity contribution >= 4 is 6.03 Å². The predicted molar refractivity (Wildman–Crippen MR) is 90.0 cm³/mol. The van der Waals surface area contributed by atoms with Crippen molar-refractivity contribution in [2.24, 2.45) is 0 Å². The molecule has 0 saturated heterocycles. The van der Waals surface area contributed by atoms with E-state index >= 15 is 0 Å². The van der Waals surface area contributed by atoms with E-state index < -0.39 is 0 Å². The number of aromatic nitrogens is 3. The van der Waals surface area contributed by atoms with Crippen LogP contribution in [0.1, 0.15) is 63.4 Å². The molecular weight excluding hydrogens is 290 g/mol. The lowest BCUT2D eigenvalue weighted by atomic mass is 10.1. The molecule has 6 heteroatoms. The Balaban J connectivity index is 1.95. The Morgan fingerprint density at radius 1 is 1.17 bits per heavy atom. The lowest BCUT2D eigenvalue weighted by molar-refractivity contribution is 0.233. The van der Waals surface area contributed by atoms with Gasteiger partial charge >= 0.3 is 6.03 Å². The Hall–Kier alpha value is -2.37. The first-order valence-corrected chi connectivity index (χ1v) is 8.02. The van der Waals surface area contributed by atoms with Gasteiger partial charge in [-0.3, -0.25) is 9.67 Å². The molecule has 0 aliphatic rings. The van der Waals surface area contributed by atoms with Gasteiger partial charge < -0.3 is 10.6 Å². The summed E-state index contributed by atoms with van der Waals surface area (Å²) < 4.78 is 1.89. The van der Waals surface area contributed by atoms with Crippen LogP contribution in [0.15, 0.2) is 36.9 Å². The second-order valence-electron chi connectivity index (χ2n) is 5.93. The molecule has 0 aliphatic heterocycles. The zero-order valence-corrected chi connectivity index (χ0v) is 14.2. The molecule has 6 nitrogen and oxygen atoms in total. The van der Waals surface area contributed by atoms with Crippen molar-refractivity contribution in [2.45, 2.75) is 52.2 Å². The molecule has 0 saturated carbocycles. The third-order valence-corrected chi connectivity index (χ3v) is 3.82. The lowest BCUT2D eigenvalue weighted by Crippen LogP contribution is -2.39. The van der Waals surface area contributed by atoms with Gasteiger partial charge in [0.15, 0.2) is 0 Å². The van der Waals surface area contributed by atoms with Gasteiger partial charge in [0.05, 0.1) is 18.3 Å². The molecular formula is C17H25N5O. The predicted octanol–water partition coefficient (Wildman–Crippen LogP) is 3.37. The van der Waals surface area contributed by atoms with Crippen LogP contribution in [-0.4, -0.2) is 20.8 Å². The number of rotatable bonds is 6. The number of nitrogens with zero attached hydrogens (tertiary/aromatic N) is 3. The molecule has 2 amide bonds. The molecule has 124 valence electrons. The number of pyridine rings is 1. The van der Waals surface area contributed by atoms with Gasteiger partial charge in [-0.05, 0) is 44.9 Å². The zero-order valence-electron chi connectivity index (χ0n) is 14.2. The SMILES string of the molecule is CC[C@@H](NC(=O)N[C@H](C)c1cnn(C(C)C)c1)c1ccncc1. The number of carbonyl (C=O) groups excluding carboxylic acids is 1.